The zero-order valence-corrected chi connectivity index (χ0v) is 6.12. The van der Waals surface area contributed by atoms with Crippen LogP contribution in [-0.4, -0.2) is 11.4 Å². The van der Waals surface area contributed by atoms with Gasteiger partial charge in [-0.25, -0.2) is 4.89 Å². The van der Waals surface area contributed by atoms with Crippen molar-refractivity contribution in [3.8, 4) is 0 Å². The Kier molecular flexibility index (Phi) is 3.47. The van der Waals surface area contributed by atoms with E-state index < -0.39 is 0 Å². The van der Waals surface area contributed by atoms with E-state index in [1.54, 1.807) is 0 Å². The highest BCUT2D eigenvalue weighted by Gasteiger charge is 2.08. The highest BCUT2D eigenvalue weighted by atomic mass is 17.1. The fourth-order valence-corrected chi connectivity index (χ4v) is 1.23. The van der Waals surface area contributed by atoms with Gasteiger partial charge in [0.05, 0.1) is 6.10 Å². The van der Waals surface area contributed by atoms with Crippen molar-refractivity contribution < 1.29 is 10.1 Å². The molecular formula is C8H14O2. The molecule has 0 bridgehead atoms. The second-order valence-electron chi connectivity index (χ2n) is 2.71. The second-order valence-corrected chi connectivity index (χ2v) is 2.71. The molecule has 0 aromatic heterocycles. The lowest BCUT2D eigenvalue weighted by Gasteiger charge is -2.12. The first kappa shape index (κ1) is 7.76. The van der Waals surface area contributed by atoms with Gasteiger partial charge >= 0.3 is 0 Å². The van der Waals surface area contributed by atoms with E-state index in [1.165, 1.54) is 0 Å². The lowest BCUT2D eigenvalue weighted by molar-refractivity contribution is -0.281. The van der Waals surface area contributed by atoms with Crippen LogP contribution in [-0.2, 0) is 4.89 Å². The summed E-state index contributed by atoms with van der Waals surface area (Å²) in [5.74, 6) is 0. The Balaban J connectivity index is 2.27. The van der Waals surface area contributed by atoms with Crippen molar-refractivity contribution >= 4 is 0 Å². The topological polar surface area (TPSA) is 29.5 Å². The van der Waals surface area contributed by atoms with Crippen LogP contribution < -0.4 is 0 Å². The van der Waals surface area contributed by atoms with Crippen LogP contribution in [0.1, 0.15) is 32.1 Å². The minimum absolute atomic E-state index is 0.0740. The summed E-state index contributed by atoms with van der Waals surface area (Å²) in [6, 6.07) is 0. The second kappa shape index (κ2) is 4.47. The molecule has 0 spiro atoms. The van der Waals surface area contributed by atoms with E-state index in [9.17, 15) is 0 Å². The molecule has 0 aliphatic heterocycles. The lowest BCUT2D eigenvalue weighted by Crippen LogP contribution is -2.10. The third-order valence-corrected chi connectivity index (χ3v) is 1.87. The molecular weight excluding hydrogens is 128 g/mol. The molecule has 2 heteroatoms. The molecule has 0 saturated heterocycles. The number of hydrogen-bond donors (Lipinski definition) is 1. The van der Waals surface area contributed by atoms with Crippen LogP contribution in [0.25, 0.3) is 0 Å². The highest BCUT2D eigenvalue weighted by Crippen LogP contribution is 2.13. The fourth-order valence-electron chi connectivity index (χ4n) is 1.23. The van der Waals surface area contributed by atoms with Gasteiger partial charge in [0.15, 0.2) is 0 Å². The normalized spacial score (nSPS) is 27.5. The van der Waals surface area contributed by atoms with Crippen molar-refractivity contribution in [1.29, 1.82) is 0 Å². The van der Waals surface area contributed by atoms with Crippen LogP contribution in [0, 0.1) is 0 Å². The Morgan fingerprint density at radius 3 is 2.80 bits per heavy atom. The molecule has 0 aromatic carbocycles. The molecule has 0 fully saturated rings. The molecule has 0 amide bonds. The Morgan fingerprint density at radius 2 is 2.00 bits per heavy atom. The first-order valence-electron chi connectivity index (χ1n) is 3.88. The number of hydrogen-bond acceptors (Lipinski definition) is 2. The first-order chi connectivity index (χ1) is 4.93. The number of rotatable bonds is 1. The molecule has 1 rings (SSSR count). The Bertz CT molecular complexity index is 110. The minimum atomic E-state index is 0.0740. The lowest BCUT2D eigenvalue weighted by atomic mass is 10.0. The van der Waals surface area contributed by atoms with Gasteiger partial charge in [-0.15, -0.1) is 0 Å². The van der Waals surface area contributed by atoms with Crippen molar-refractivity contribution in [3.05, 3.63) is 12.2 Å². The summed E-state index contributed by atoms with van der Waals surface area (Å²) in [5.41, 5.74) is 0. The highest BCUT2D eigenvalue weighted by molar-refractivity contribution is 4.84. The fraction of sp³-hybridized carbons (Fsp3) is 0.750. The first-order valence-corrected chi connectivity index (χ1v) is 3.88. The van der Waals surface area contributed by atoms with Gasteiger partial charge in [-0.1, -0.05) is 12.2 Å². The quantitative estimate of drug-likeness (QED) is 0.346. The van der Waals surface area contributed by atoms with Crippen molar-refractivity contribution in [2.24, 2.45) is 0 Å². The summed E-state index contributed by atoms with van der Waals surface area (Å²) < 4.78 is 0. The average Bonchev–Trinajstić information content (AvgIpc) is 1.87. The minimum Gasteiger partial charge on any atom is -0.252 e. The van der Waals surface area contributed by atoms with E-state index in [4.69, 9.17) is 5.26 Å². The van der Waals surface area contributed by atoms with Crippen LogP contribution in [0.3, 0.4) is 0 Å². The SMILES string of the molecule is OO[C@@H]1CCC=CCCC1. The van der Waals surface area contributed by atoms with Crippen LogP contribution in [0.2, 0.25) is 0 Å². The van der Waals surface area contributed by atoms with Gasteiger partial charge in [0.1, 0.15) is 0 Å². The molecule has 10 heavy (non-hydrogen) atoms. The molecule has 0 aromatic rings. The van der Waals surface area contributed by atoms with Gasteiger partial charge < -0.3 is 0 Å². The van der Waals surface area contributed by atoms with Gasteiger partial charge in [-0.05, 0) is 32.1 Å². The molecule has 0 radical (unpaired) electrons. The van der Waals surface area contributed by atoms with Gasteiger partial charge in [-0.3, -0.25) is 5.26 Å². The molecule has 1 N–H and O–H groups in total. The smallest absolute Gasteiger partial charge is 0.0930 e. The third-order valence-electron chi connectivity index (χ3n) is 1.87. The zero-order valence-electron chi connectivity index (χ0n) is 6.12. The van der Waals surface area contributed by atoms with Gasteiger partial charge in [0.2, 0.25) is 0 Å². The van der Waals surface area contributed by atoms with Crippen molar-refractivity contribution in [1.82, 2.24) is 0 Å². The van der Waals surface area contributed by atoms with Gasteiger partial charge in [-0.2, -0.15) is 0 Å². The molecule has 58 valence electrons. The van der Waals surface area contributed by atoms with Crippen LogP contribution in [0.15, 0.2) is 12.2 Å². The van der Waals surface area contributed by atoms with Gasteiger partial charge in [0.25, 0.3) is 0 Å². The van der Waals surface area contributed by atoms with E-state index in [-0.39, 0.29) is 6.10 Å². The van der Waals surface area contributed by atoms with E-state index in [2.05, 4.69) is 17.0 Å². The maximum Gasteiger partial charge on any atom is 0.0930 e. The molecule has 1 aliphatic carbocycles. The average molecular weight is 142 g/mol. The third kappa shape index (κ3) is 2.50. The van der Waals surface area contributed by atoms with Crippen molar-refractivity contribution in [3.63, 3.8) is 0 Å². The van der Waals surface area contributed by atoms with E-state index in [0.29, 0.717) is 0 Å². The summed E-state index contributed by atoms with van der Waals surface area (Å²) in [6.07, 6.45) is 9.66. The largest absolute Gasteiger partial charge is 0.252 e. The molecule has 1 aliphatic rings. The monoisotopic (exact) mass is 142 g/mol. The Labute approximate surface area is 61.4 Å². The molecule has 0 saturated carbocycles. The summed E-state index contributed by atoms with van der Waals surface area (Å²) in [6.45, 7) is 0. The summed E-state index contributed by atoms with van der Waals surface area (Å²) >= 11 is 0. The van der Waals surface area contributed by atoms with E-state index in [1.807, 2.05) is 0 Å². The number of allylic oxidation sites excluding steroid dienone is 2. The van der Waals surface area contributed by atoms with Crippen molar-refractivity contribution in [2.45, 2.75) is 38.2 Å². The predicted molar refractivity (Wildman–Crippen MR) is 39.7 cm³/mol. The standard InChI is InChI=1S/C8H14O2/c9-10-8-6-4-2-1-3-5-7-8/h1-2,8-9H,3-7H2/t8-/m1/s1. The molecule has 1 atom stereocenters. The van der Waals surface area contributed by atoms with Crippen LogP contribution in [0.5, 0.6) is 0 Å². The zero-order chi connectivity index (χ0) is 7.23. The maximum atomic E-state index is 8.38. The maximum absolute atomic E-state index is 8.38. The molecule has 0 unspecified atom stereocenters. The van der Waals surface area contributed by atoms with E-state index in [0.717, 1.165) is 32.1 Å². The van der Waals surface area contributed by atoms with Crippen LogP contribution in [0.4, 0.5) is 0 Å². The van der Waals surface area contributed by atoms with Crippen molar-refractivity contribution in [2.75, 3.05) is 0 Å². The predicted octanol–water partition coefficient (Wildman–Crippen LogP) is 2.36. The van der Waals surface area contributed by atoms with E-state index >= 15 is 0 Å². The molecule has 0 heterocycles. The summed E-state index contributed by atoms with van der Waals surface area (Å²) in [5, 5.41) is 8.38. The van der Waals surface area contributed by atoms with Gasteiger partial charge in [0, 0.05) is 0 Å². The Morgan fingerprint density at radius 1 is 1.20 bits per heavy atom. The Hall–Kier alpha value is -0.340. The molecule has 2 nitrogen and oxygen atoms in total. The summed E-state index contributed by atoms with van der Waals surface area (Å²) in [7, 11) is 0. The van der Waals surface area contributed by atoms with Crippen LogP contribution >= 0.6 is 0 Å². The summed E-state index contributed by atoms with van der Waals surface area (Å²) in [4.78, 5) is 4.29.